The van der Waals surface area contributed by atoms with Crippen LogP contribution in [0.1, 0.15) is 16.0 Å². The van der Waals surface area contributed by atoms with Crippen LogP contribution in [0.25, 0.3) is 10.1 Å². The van der Waals surface area contributed by atoms with Crippen LogP contribution in [-0.2, 0) is 6.42 Å². The van der Waals surface area contributed by atoms with E-state index in [2.05, 4.69) is 22.2 Å². The minimum absolute atomic E-state index is 0.181. The van der Waals surface area contributed by atoms with Crippen molar-refractivity contribution in [3.8, 4) is 0 Å². The first-order valence-electron chi connectivity index (χ1n) is 6.94. The van der Waals surface area contributed by atoms with Crippen LogP contribution in [0.4, 0.5) is 10.2 Å². The SMILES string of the molecule is Cc1sc2c(C)cc(F)cc2c1CCNc1cc(Cl)ncn1. The van der Waals surface area contributed by atoms with Crippen molar-refractivity contribution in [2.45, 2.75) is 20.3 Å². The number of aryl methyl sites for hydroxylation is 2. The van der Waals surface area contributed by atoms with Gasteiger partial charge in [-0.25, -0.2) is 14.4 Å². The molecule has 1 aromatic carbocycles. The summed E-state index contributed by atoms with van der Waals surface area (Å²) in [5.41, 5.74) is 2.18. The zero-order valence-electron chi connectivity index (χ0n) is 12.3. The van der Waals surface area contributed by atoms with Gasteiger partial charge < -0.3 is 5.32 Å². The van der Waals surface area contributed by atoms with Gasteiger partial charge >= 0.3 is 0 Å². The molecular formula is C16H15ClFN3S. The Morgan fingerprint density at radius 2 is 2.05 bits per heavy atom. The van der Waals surface area contributed by atoms with Gasteiger partial charge in [-0.2, -0.15) is 0 Å². The van der Waals surface area contributed by atoms with Gasteiger partial charge in [0.15, 0.2) is 0 Å². The maximum absolute atomic E-state index is 13.7. The molecule has 1 N–H and O–H groups in total. The van der Waals surface area contributed by atoms with E-state index in [1.165, 1.54) is 21.5 Å². The molecule has 0 amide bonds. The number of fused-ring (bicyclic) bond motifs is 1. The van der Waals surface area contributed by atoms with E-state index in [9.17, 15) is 4.39 Å². The van der Waals surface area contributed by atoms with Crippen molar-refractivity contribution in [3.63, 3.8) is 0 Å². The highest BCUT2D eigenvalue weighted by molar-refractivity contribution is 7.19. The number of hydrogen-bond donors (Lipinski definition) is 1. The van der Waals surface area contributed by atoms with Gasteiger partial charge in [-0.1, -0.05) is 11.6 Å². The smallest absolute Gasteiger partial charge is 0.134 e. The number of hydrogen-bond acceptors (Lipinski definition) is 4. The van der Waals surface area contributed by atoms with Gasteiger partial charge in [-0.15, -0.1) is 11.3 Å². The standard InChI is InChI=1S/C16H15ClFN3S/c1-9-5-11(18)6-13-12(10(2)22-16(9)13)3-4-19-15-7-14(17)20-8-21-15/h5-8H,3-4H2,1-2H3,(H,19,20,21). The molecule has 0 saturated heterocycles. The molecule has 6 heteroatoms. The number of nitrogens with one attached hydrogen (secondary N) is 1. The van der Waals surface area contributed by atoms with E-state index in [0.717, 1.165) is 17.4 Å². The largest absolute Gasteiger partial charge is 0.370 e. The molecule has 0 aliphatic heterocycles. The Hall–Kier alpha value is -1.72. The van der Waals surface area contributed by atoms with E-state index in [4.69, 9.17) is 11.6 Å². The number of rotatable bonds is 4. The van der Waals surface area contributed by atoms with Crippen molar-refractivity contribution in [1.82, 2.24) is 9.97 Å². The van der Waals surface area contributed by atoms with Crippen LogP contribution in [-0.4, -0.2) is 16.5 Å². The molecule has 0 aliphatic carbocycles. The quantitative estimate of drug-likeness (QED) is 0.699. The number of nitrogens with zero attached hydrogens (tertiary/aromatic N) is 2. The molecule has 114 valence electrons. The Morgan fingerprint density at radius 1 is 1.23 bits per heavy atom. The summed E-state index contributed by atoms with van der Waals surface area (Å²) in [6.45, 7) is 4.74. The van der Waals surface area contributed by atoms with Crippen molar-refractivity contribution in [3.05, 3.63) is 51.5 Å². The van der Waals surface area contributed by atoms with Crippen LogP contribution < -0.4 is 5.32 Å². The highest BCUT2D eigenvalue weighted by Gasteiger charge is 2.12. The number of benzene rings is 1. The number of thiophene rings is 1. The lowest BCUT2D eigenvalue weighted by atomic mass is 10.1. The molecule has 2 heterocycles. The number of halogens is 2. The molecule has 0 spiro atoms. The third-order valence-corrected chi connectivity index (χ3v) is 5.06. The van der Waals surface area contributed by atoms with Gasteiger partial charge in [0.2, 0.25) is 0 Å². The second-order valence-corrected chi connectivity index (χ2v) is 6.75. The average Bonchev–Trinajstić information content (AvgIpc) is 2.76. The van der Waals surface area contributed by atoms with Crippen molar-refractivity contribution in [1.29, 1.82) is 0 Å². The normalized spacial score (nSPS) is 11.1. The third kappa shape index (κ3) is 3.05. The van der Waals surface area contributed by atoms with Crippen LogP contribution in [0.5, 0.6) is 0 Å². The monoisotopic (exact) mass is 335 g/mol. The zero-order valence-corrected chi connectivity index (χ0v) is 13.9. The van der Waals surface area contributed by atoms with E-state index in [-0.39, 0.29) is 5.82 Å². The van der Waals surface area contributed by atoms with Crippen LogP contribution in [0.15, 0.2) is 24.5 Å². The summed E-state index contributed by atoms with van der Waals surface area (Å²) in [6.07, 6.45) is 2.23. The molecule has 3 rings (SSSR count). The highest BCUT2D eigenvalue weighted by atomic mass is 35.5. The Labute approximate surface area is 137 Å². The lowest BCUT2D eigenvalue weighted by molar-refractivity contribution is 0.628. The highest BCUT2D eigenvalue weighted by Crippen LogP contribution is 2.34. The maximum atomic E-state index is 13.7. The summed E-state index contributed by atoms with van der Waals surface area (Å²) in [5, 5.41) is 4.65. The van der Waals surface area contributed by atoms with E-state index in [1.807, 2.05) is 6.92 Å². The number of anilines is 1. The molecule has 3 nitrogen and oxygen atoms in total. The van der Waals surface area contributed by atoms with Crippen molar-refractivity contribution >= 4 is 38.8 Å². The topological polar surface area (TPSA) is 37.8 Å². The Balaban J connectivity index is 1.80. The van der Waals surface area contributed by atoms with Crippen LogP contribution in [0, 0.1) is 19.7 Å². The molecule has 0 aliphatic rings. The third-order valence-electron chi connectivity index (χ3n) is 3.56. The Kier molecular flexibility index (Phi) is 4.27. The first-order chi connectivity index (χ1) is 10.5. The van der Waals surface area contributed by atoms with E-state index in [1.54, 1.807) is 29.5 Å². The fourth-order valence-corrected chi connectivity index (χ4v) is 3.85. The lowest BCUT2D eigenvalue weighted by Crippen LogP contribution is -2.06. The summed E-state index contributed by atoms with van der Waals surface area (Å²) in [7, 11) is 0. The predicted octanol–water partition coefficient (Wildman–Crippen LogP) is 4.76. The first kappa shape index (κ1) is 15.2. The fraction of sp³-hybridized carbons (Fsp3) is 0.250. The van der Waals surface area contributed by atoms with E-state index >= 15 is 0 Å². The predicted molar refractivity (Wildman–Crippen MR) is 90.5 cm³/mol. The van der Waals surface area contributed by atoms with Gasteiger partial charge in [-0.05, 0) is 48.9 Å². The van der Waals surface area contributed by atoms with Gasteiger partial charge in [0.1, 0.15) is 23.1 Å². The van der Waals surface area contributed by atoms with Crippen molar-refractivity contribution in [2.24, 2.45) is 0 Å². The average molecular weight is 336 g/mol. The summed E-state index contributed by atoms with van der Waals surface area (Å²) >= 11 is 7.55. The maximum Gasteiger partial charge on any atom is 0.134 e. The molecule has 0 atom stereocenters. The van der Waals surface area contributed by atoms with Crippen LogP contribution in [0.2, 0.25) is 5.15 Å². The van der Waals surface area contributed by atoms with Gasteiger partial charge in [0.25, 0.3) is 0 Å². The van der Waals surface area contributed by atoms with Crippen LogP contribution in [0.3, 0.4) is 0 Å². The molecule has 0 bridgehead atoms. The molecule has 0 fully saturated rings. The zero-order chi connectivity index (χ0) is 15.7. The Morgan fingerprint density at radius 3 is 2.82 bits per heavy atom. The van der Waals surface area contributed by atoms with Crippen molar-refractivity contribution in [2.75, 3.05) is 11.9 Å². The molecule has 0 unspecified atom stereocenters. The second kappa shape index (κ2) is 6.18. The van der Waals surface area contributed by atoms with Crippen molar-refractivity contribution < 1.29 is 4.39 Å². The molecule has 3 aromatic rings. The summed E-state index contributed by atoms with van der Waals surface area (Å²) in [4.78, 5) is 9.18. The summed E-state index contributed by atoms with van der Waals surface area (Å²) in [5.74, 6) is 0.513. The van der Waals surface area contributed by atoms with Gasteiger partial charge in [0, 0.05) is 22.2 Å². The van der Waals surface area contributed by atoms with Gasteiger partial charge in [-0.3, -0.25) is 0 Å². The fourth-order valence-electron chi connectivity index (χ4n) is 2.55. The first-order valence-corrected chi connectivity index (χ1v) is 8.13. The summed E-state index contributed by atoms with van der Waals surface area (Å²) in [6, 6.07) is 4.90. The molecular weight excluding hydrogens is 321 g/mol. The second-order valence-electron chi connectivity index (χ2n) is 5.14. The minimum Gasteiger partial charge on any atom is -0.370 e. The van der Waals surface area contributed by atoms with Crippen LogP contribution >= 0.6 is 22.9 Å². The molecule has 0 saturated carbocycles. The summed E-state index contributed by atoms with van der Waals surface area (Å²) < 4.78 is 14.8. The Bertz CT molecular complexity index is 832. The lowest BCUT2D eigenvalue weighted by Gasteiger charge is -2.06. The molecule has 2 aromatic heterocycles. The molecule has 0 radical (unpaired) electrons. The number of aromatic nitrogens is 2. The minimum atomic E-state index is -0.181. The van der Waals surface area contributed by atoms with Gasteiger partial charge in [0.05, 0.1) is 0 Å². The van der Waals surface area contributed by atoms with E-state index < -0.39 is 0 Å². The molecule has 22 heavy (non-hydrogen) atoms. The van der Waals surface area contributed by atoms with E-state index in [0.29, 0.717) is 17.5 Å².